The molecule has 0 unspecified atom stereocenters. The third-order valence-corrected chi connectivity index (χ3v) is 4.86. The van der Waals surface area contributed by atoms with E-state index < -0.39 is 11.6 Å². The molecule has 0 saturated carbocycles. The summed E-state index contributed by atoms with van der Waals surface area (Å²) in [7, 11) is 0. The lowest BCUT2D eigenvalue weighted by Crippen LogP contribution is -2.23. The molecule has 2 aromatic carbocycles. The molecule has 0 aliphatic carbocycles. The summed E-state index contributed by atoms with van der Waals surface area (Å²) in [6.45, 7) is 8.44. The number of aromatic nitrogens is 2. The fraction of sp³-hybridized carbons (Fsp3) is 0.286. The average Bonchev–Trinajstić information content (AvgIpc) is 2.94. The summed E-state index contributed by atoms with van der Waals surface area (Å²) in [5.41, 5.74) is 8.28. The van der Waals surface area contributed by atoms with Crippen molar-refractivity contribution < 1.29 is 9.59 Å². The monoisotopic (exact) mass is 349 g/mol. The van der Waals surface area contributed by atoms with Crippen molar-refractivity contribution >= 4 is 28.5 Å². The summed E-state index contributed by atoms with van der Waals surface area (Å²) in [4.78, 5) is 29.5. The summed E-state index contributed by atoms with van der Waals surface area (Å²) >= 11 is 0. The van der Waals surface area contributed by atoms with Gasteiger partial charge in [-0.2, -0.15) is 0 Å². The molecule has 5 heteroatoms. The molecule has 5 nitrogen and oxygen atoms in total. The highest BCUT2D eigenvalue weighted by atomic mass is 16.2. The fourth-order valence-corrected chi connectivity index (χ4v) is 2.90. The van der Waals surface area contributed by atoms with E-state index in [0.717, 1.165) is 5.52 Å². The number of carbonyl (C=O) groups excluding carboxylic acids is 2. The van der Waals surface area contributed by atoms with Gasteiger partial charge in [-0.25, -0.2) is 4.98 Å². The van der Waals surface area contributed by atoms with Gasteiger partial charge in [-0.1, -0.05) is 51.1 Å². The molecule has 0 saturated heterocycles. The maximum absolute atomic E-state index is 12.7. The van der Waals surface area contributed by atoms with Crippen molar-refractivity contribution in [2.24, 2.45) is 5.41 Å². The van der Waals surface area contributed by atoms with Crippen molar-refractivity contribution in [2.45, 2.75) is 33.7 Å². The lowest BCUT2D eigenvalue weighted by atomic mass is 9.87. The summed E-state index contributed by atoms with van der Waals surface area (Å²) in [6.07, 6.45) is 0. The molecule has 0 bridgehead atoms. The molecular formula is C21H23N3O2. The minimum Gasteiger partial charge on any atom is -0.369 e. The molecule has 134 valence electrons. The van der Waals surface area contributed by atoms with Crippen LogP contribution in [0.3, 0.4) is 0 Å². The molecule has 0 fully saturated rings. The Morgan fingerprint density at radius 2 is 1.62 bits per heavy atom. The Labute approximate surface area is 152 Å². The average molecular weight is 349 g/mol. The Hall–Kier alpha value is -2.95. The molecule has 1 atom stereocenters. The smallest absolute Gasteiger partial charge is 0.233 e. The van der Waals surface area contributed by atoms with Crippen LogP contribution in [0.1, 0.15) is 54.5 Å². The third-order valence-electron chi connectivity index (χ3n) is 4.86. The fourth-order valence-electron chi connectivity index (χ4n) is 2.90. The number of rotatable bonds is 4. The van der Waals surface area contributed by atoms with E-state index in [1.807, 2.05) is 10.6 Å². The number of hydrogen-bond acceptors (Lipinski definition) is 4. The maximum Gasteiger partial charge on any atom is 0.233 e. The quantitative estimate of drug-likeness (QED) is 0.563. The number of nitrogens with two attached hydrogens (primary N) is 1. The van der Waals surface area contributed by atoms with Gasteiger partial charge in [0.05, 0.1) is 11.0 Å². The lowest BCUT2D eigenvalue weighted by Gasteiger charge is -2.29. The summed E-state index contributed by atoms with van der Waals surface area (Å²) in [6, 6.07) is 13.7. The molecule has 2 N–H and O–H groups in total. The van der Waals surface area contributed by atoms with E-state index in [2.05, 4.69) is 32.7 Å². The lowest BCUT2D eigenvalue weighted by molar-refractivity contribution is 0.0817. The minimum atomic E-state index is -0.534. The molecule has 0 aliphatic heterocycles. The zero-order valence-electron chi connectivity index (χ0n) is 15.5. The van der Waals surface area contributed by atoms with Crippen molar-refractivity contribution in [3.63, 3.8) is 0 Å². The van der Waals surface area contributed by atoms with Gasteiger partial charge in [0.15, 0.2) is 0 Å². The molecule has 0 radical (unpaired) electrons. The van der Waals surface area contributed by atoms with Gasteiger partial charge in [-0.3, -0.25) is 9.59 Å². The van der Waals surface area contributed by atoms with Crippen LogP contribution in [0.25, 0.3) is 11.0 Å². The Morgan fingerprint density at radius 3 is 2.23 bits per heavy atom. The van der Waals surface area contributed by atoms with Crippen molar-refractivity contribution in [1.29, 1.82) is 0 Å². The van der Waals surface area contributed by atoms with Crippen LogP contribution in [0.4, 0.5) is 5.95 Å². The highest BCUT2D eigenvalue weighted by Crippen LogP contribution is 2.35. The highest BCUT2D eigenvalue weighted by Gasteiger charge is 2.26. The van der Waals surface area contributed by atoms with Crippen molar-refractivity contribution in [2.75, 3.05) is 5.73 Å². The third kappa shape index (κ3) is 3.12. The Bertz CT molecular complexity index is 982. The van der Waals surface area contributed by atoms with Gasteiger partial charge in [0.1, 0.15) is 0 Å². The predicted octanol–water partition coefficient (Wildman–Crippen LogP) is 4.29. The summed E-state index contributed by atoms with van der Waals surface area (Å²) in [5.74, 6) is -0.651. The van der Waals surface area contributed by atoms with Gasteiger partial charge in [0.25, 0.3) is 0 Å². The first-order valence-corrected chi connectivity index (χ1v) is 8.61. The van der Waals surface area contributed by atoms with E-state index in [-0.39, 0.29) is 11.5 Å². The van der Waals surface area contributed by atoms with Gasteiger partial charge in [-0.05, 0) is 30.5 Å². The molecule has 3 rings (SSSR count). The van der Waals surface area contributed by atoms with Crippen LogP contribution in [0.2, 0.25) is 0 Å². The van der Waals surface area contributed by atoms with E-state index in [1.54, 1.807) is 42.5 Å². The second-order valence-corrected chi connectivity index (χ2v) is 7.61. The van der Waals surface area contributed by atoms with Crippen molar-refractivity contribution in [3.8, 4) is 0 Å². The zero-order chi connectivity index (χ0) is 19.1. The SMILES string of the molecule is C[C@@H](n1c(N)nc2ccc(C(=O)C(=O)c3ccccc3)cc21)C(C)(C)C. The standard InChI is InChI=1S/C21H23N3O2/c1-13(21(2,3)4)24-17-12-15(10-11-16(17)23-20(24)22)19(26)18(25)14-8-6-5-7-9-14/h5-13H,1-4H3,(H2,22,23)/t13-/m1/s1. The molecule has 0 spiro atoms. The zero-order valence-corrected chi connectivity index (χ0v) is 15.5. The Balaban J connectivity index is 2.06. The second-order valence-electron chi connectivity index (χ2n) is 7.61. The first-order valence-electron chi connectivity index (χ1n) is 8.61. The number of fused-ring (bicyclic) bond motifs is 1. The van der Waals surface area contributed by atoms with Crippen LogP contribution in [0.15, 0.2) is 48.5 Å². The highest BCUT2D eigenvalue weighted by molar-refractivity contribution is 6.49. The predicted molar refractivity (Wildman–Crippen MR) is 103 cm³/mol. The number of nitrogens with zero attached hydrogens (tertiary/aromatic N) is 2. The van der Waals surface area contributed by atoms with E-state index in [4.69, 9.17) is 5.73 Å². The number of ketones is 2. The van der Waals surface area contributed by atoms with E-state index in [0.29, 0.717) is 22.6 Å². The Kier molecular flexibility index (Phi) is 4.40. The molecule has 0 aliphatic rings. The number of hydrogen-bond donors (Lipinski definition) is 1. The first kappa shape index (κ1) is 17.9. The van der Waals surface area contributed by atoms with Crippen LogP contribution >= 0.6 is 0 Å². The number of carbonyl (C=O) groups is 2. The summed E-state index contributed by atoms with van der Waals surface area (Å²) in [5, 5.41) is 0. The molecule has 1 aromatic heterocycles. The van der Waals surface area contributed by atoms with Crippen LogP contribution in [-0.2, 0) is 0 Å². The number of anilines is 1. The van der Waals surface area contributed by atoms with Gasteiger partial charge in [-0.15, -0.1) is 0 Å². The Morgan fingerprint density at radius 1 is 1.00 bits per heavy atom. The largest absolute Gasteiger partial charge is 0.369 e. The molecule has 26 heavy (non-hydrogen) atoms. The van der Waals surface area contributed by atoms with Gasteiger partial charge < -0.3 is 10.3 Å². The molecular weight excluding hydrogens is 326 g/mol. The van der Waals surface area contributed by atoms with Gasteiger partial charge in [0, 0.05) is 17.2 Å². The van der Waals surface area contributed by atoms with Crippen molar-refractivity contribution in [1.82, 2.24) is 9.55 Å². The number of imidazole rings is 1. The maximum atomic E-state index is 12.7. The van der Waals surface area contributed by atoms with Crippen LogP contribution in [0.5, 0.6) is 0 Å². The number of benzene rings is 2. The molecule has 1 heterocycles. The van der Waals surface area contributed by atoms with Crippen LogP contribution < -0.4 is 5.73 Å². The first-order chi connectivity index (χ1) is 12.2. The van der Waals surface area contributed by atoms with Gasteiger partial charge in [0.2, 0.25) is 17.5 Å². The van der Waals surface area contributed by atoms with Gasteiger partial charge >= 0.3 is 0 Å². The molecule has 0 amide bonds. The number of Topliss-reactive ketones (excluding diaryl/α,β-unsaturated/α-hetero) is 2. The van der Waals surface area contributed by atoms with Crippen LogP contribution in [-0.4, -0.2) is 21.1 Å². The minimum absolute atomic E-state index is 0.0401. The van der Waals surface area contributed by atoms with E-state index in [9.17, 15) is 9.59 Å². The normalized spacial score (nSPS) is 12.9. The van der Waals surface area contributed by atoms with E-state index in [1.165, 1.54) is 0 Å². The van der Waals surface area contributed by atoms with Crippen molar-refractivity contribution in [3.05, 3.63) is 59.7 Å². The number of nitrogen functional groups attached to an aromatic ring is 1. The second kappa shape index (κ2) is 6.41. The van der Waals surface area contributed by atoms with Crippen LogP contribution in [0, 0.1) is 5.41 Å². The molecule has 3 aromatic rings. The summed E-state index contributed by atoms with van der Waals surface area (Å²) < 4.78 is 1.93. The topological polar surface area (TPSA) is 78.0 Å². The van der Waals surface area contributed by atoms with E-state index >= 15 is 0 Å².